The van der Waals surface area contributed by atoms with Crippen LogP contribution in [0, 0.1) is 0 Å². The van der Waals surface area contributed by atoms with Crippen LogP contribution in [-0.2, 0) is 14.6 Å². The second-order valence-corrected chi connectivity index (χ2v) is 7.23. The first-order valence-corrected chi connectivity index (χ1v) is 8.24. The third-order valence-electron chi connectivity index (χ3n) is 2.94. The maximum atomic E-state index is 11.4. The number of aliphatic carboxylic acids is 1. The molecule has 0 heterocycles. The molecule has 6 heteroatoms. The fourth-order valence-corrected chi connectivity index (χ4v) is 2.90. The second-order valence-electron chi connectivity index (χ2n) is 4.32. The van der Waals surface area contributed by atoms with Gasteiger partial charge in [0.15, 0.2) is 0 Å². The van der Waals surface area contributed by atoms with Gasteiger partial charge in [0.1, 0.15) is 9.84 Å². The normalized spacial score (nSPS) is 13.2. The van der Waals surface area contributed by atoms with Crippen molar-refractivity contribution in [3.8, 4) is 0 Å². The van der Waals surface area contributed by atoms with Gasteiger partial charge in [-0.1, -0.05) is 30.7 Å². The van der Waals surface area contributed by atoms with Crippen LogP contribution in [0.5, 0.6) is 0 Å². The van der Waals surface area contributed by atoms with E-state index in [0.717, 1.165) is 0 Å². The minimum atomic E-state index is -3.05. The summed E-state index contributed by atoms with van der Waals surface area (Å²) < 4.78 is 22.7. The lowest BCUT2D eigenvalue weighted by Crippen LogP contribution is -2.15. The Balaban J connectivity index is 2.72. The van der Waals surface area contributed by atoms with Gasteiger partial charge in [-0.2, -0.15) is 0 Å². The lowest BCUT2D eigenvalue weighted by atomic mass is 9.95. The van der Waals surface area contributed by atoms with E-state index in [2.05, 4.69) is 0 Å². The molecule has 106 valence electrons. The third-order valence-corrected chi connectivity index (χ3v) is 4.96. The number of hydrogen-bond donors (Lipinski definition) is 1. The minimum Gasteiger partial charge on any atom is -0.481 e. The predicted molar refractivity (Wildman–Crippen MR) is 75.4 cm³/mol. The molecule has 0 saturated heterocycles. The number of carbonyl (C=O) groups is 1. The monoisotopic (exact) mass is 304 g/mol. The van der Waals surface area contributed by atoms with Crippen molar-refractivity contribution >= 4 is 27.4 Å². The molecule has 0 amide bonds. The molecule has 4 nitrogen and oxygen atoms in total. The highest BCUT2D eigenvalue weighted by atomic mass is 35.5. The summed E-state index contributed by atoms with van der Waals surface area (Å²) in [6.45, 7) is 1.58. The average molecular weight is 305 g/mol. The first kappa shape index (κ1) is 16.0. The Hall–Kier alpha value is -1.07. The molecule has 0 spiro atoms. The summed E-state index contributed by atoms with van der Waals surface area (Å²) in [5.74, 6) is -1.57. The Labute approximate surface area is 118 Å². The van der Waals surface area contributed by atoms with Crippen molar-refractivity contribution in [3.05, 3.63) is 34.9 Å². The Morgan fingerprint density at radius 3 is 2.63 bits per heavy atom. The Kier molecular flexibility index (Phi) is 5.82. The van der Waals surface area contributed by atoms with Crippen LogP contribution >= 0.6 is 11.6 Å². The quantitative estimate of drug-likeness (QED) is 0.840. The molecule has 0 aliphatic heterocycles. The fraction of sp³-hybridized carbons (Fsp3) is 0.462. The predicted octanol–water partition coefficient (Wildman–Crippen LogP) is 2.72. The van der Waals surface area contributed by atoms with Crippen LogP contribution in [0.4, 0.5) is 0 Å². The van der Waals surface area contributed by atoms with Gasteiger partial charge in [-0.25, -0.2) is 8.42 Å². The van der Waals surface area contributed by atoms with Crippen LogP contribution in [-0.4, -0.2) is 31.0 Å². The van der Waals surface area contributed by atoms with Crippen molar-refractivity contribution < 1.29 is 18.3 Å². The Morgan fingerprint density at radius 1 is 1.42 bits per heavy atom. The van der Waals surface area contributed by atoms with E-state index in [0.29, 0.717) is 17.0 Å². The zero-order chi connectivity index (χ0) is 14.5. The lowest BCUT2D eigenvalue weighted by molar-refractivity contribution is -0.139. The zero-order valence-electron chi connectivity index (χ0n) is 10.7. The summed E-state index contributed by atoms with van der Waals surface area (Å²) in [4.78, 5) is 11.2. The van der Waals surface area contributed by atoms with E-state index in [-0.39, 0.29) is 17.9 Å². The summed E-state index contributed by atoms with van der Waals surface area (Å²) in [5, 5.41) is 9.69. The molecule has 1 aromatic rings. The maximum absolute atomic E-state index is 11.4. The summed E-state index contributed by atoms with van der Waals surface area (Å²) in [6.07, 6.45) is 0.620. The van der Waals surface area contributed by atoms with Gasteiger partial charge in [-0.3, -0.25) is 4.79 Å². The molecular formula is C13H17ClO4S. The number of benzene rings is 1. The SMILES string of the molecule is CCS(=O)(=O)CCCC(C(=O)O)c1cccc(Cl)c1. The standard InChI is InChI=1S/C13H17ClO4S/c1-2-19(17,18)8-4-7-12(13(15)16)10-5-3-6-11(14)9-10/h3,5-6,9,12H,2,4,7-8H2,1H3,(H,15,16). The van der Waals surface area contributed by atoms with E-state index in [1.54, 1.807) is 31.2 Å². The fourth-order valence-electron chi connectivity index (χ4n) is 1.81. The van der Waals surface area contributed by atoms with Gasteiger partial charge < -0.3 is 5.11 Å². The summed E-state index contributed by atoms with van der Waals surface area (Å²) >= 11 is 5.83. The molecular weight excluding hydrogens is 288 g/mol. The molecule has 1 rings (SSSR count). The van der Waals surface area contributed by atoms with Crippen molar-refractivity contribution in [3.63, 3.8) is 0 Å². The second kappa shape index (κ2) is 6.91. The Bertz CT molecular complexity index is 539. The van der Waals surface area contributed by atoms with E-state index < -0.39 is 21.7 Å². The first-order valence-electron chi connectivity index (χ1n) is 6.04. The van der Waals surface area contributed by atoms with Crippen LogP contribution in [0.15, 0.2) is 24.3 Å². The van der Waals surface area contributed by atoms with Crippen molar-refractivity contribution in [2.45, 2.75) is 25.7 Å². The van der Waals surface area contributed by atoms with E-state index in [9.17, 15) is 18.3 Å². The molecule has 1 unspecified atom stereocenters. The molecule has 0 radical (unpaired) electrons. The number of halogens is 1. The highest BCUT2D eigenvalue weighted by Crippen LogP contribution is 2.24. The van der Waals surface area contributed by atoms with Gasteiger partial charge in [0.05, 0.1) is 11.7 Å². The molecule has 1 N–H and O–H groups in total. The third kappa shape index (κ3) is 5.20. The van der Waals surface area contributed by atoms with Crippen molar-refractivity contribution in [2.24, 2.45) is 0 Å². The molecule has 0 saturated carbocycles. The smallest absolute Gasteiger partial charge is 0.310 e. The van der Waals surface area contributed by atoms with Gasteiger partial charge >= 0.3 is 5.97 Å². The lowest BCUT2D eigenvalue weighted by Gasteiger charge is -2.12. The maximum Gasteiger partial charge on any atom is 0.310 e. The number of carboxylic acids is 1. The topological polar surface area (TPSA) is 71.4 Å². The minimum absolute atomic E-state index is 0.0217. The molecule has 0 aromatic heterocycles. The van der Waals surface area contributed by atoms with Crippen molar-refractivity contribution in [1.29, 1.82) is 0 Å². The molecule has 0 bridgehead atoms. The zero-order valence-corrected chi connectivity index (χ0v) is 12.2. The first-order chi connectivity index (χ1) is 8.85. The van der Waals surface area contributed by atoms with E-state index in [1.165, 1.54) is 0 Å². The largest absolute Gasteiger partial charge is 0.481 e. The summed E-state index contributed by atoms with van der Waals surface area (Å²) in [7, 11) is -3.05. The van der Waals surface area contributed by atoms with Crippen molar-refractivity contribution in [1.82, 2.24) is 0 Å². The molecule has 1 atom stereocenters. The number of carboxylic acid groups (broad SMARTS) is 1. The van der Waals surface area contributed by atoms with Crippen LogP contribution in [0.3, 0.4) is 0 Å². The van der Waals surface area contributed by atoms with Gasteiger partial charge in [0, 0.05) is 10.8 Å². The molecule has 1 aromatic carbocycles. The summed E-state index contributed by atoms with van der Waals surface area (Å²) in [5.41, 5.74) is 0.605. The number of rotatable bonds is 7. The van der Waals surface area contributed by atoms with Gasteiger partial charge in [-0.15, -0.1) is 0 Å². The highest BCUT2D eigenvalue weighted by Gasteiger charge is 2.20. The van der Waals surface area contributed by atoms with Crippen LogP contribution in [0.2, 0.25) is 5.02 Å². The van der Waals surface area contributed by atoms with Crippen LogP contribution < -0.4 is 0 Å². The molecule has 19 heavy (non-hydrogen) atoms. The molecule has 0 fully saturated rings. The van der Waals surface area contributed by atoms with E-state index in [4.69, 9.17) is 11.6 Å². The summed E-state index contributed by atoms with van der Waals surface area (Å²) in [6, 6.07) is 6.66. The van der Waals surface area contributed by atoms with Gasteiger partial charge in [-0.05, 0) is 30.5 Å². The van der Waals surface area contributed by atoms with Crippen LogP contribution in [0.25, 0.3) is 0 Å². The van der Waals surface area contributed by atoms with E-state index >= 15 is 0 Å². The van der Waals surface area contributed by atoms with Crippen molar-refractivity contribution in [2.75, 3.05) is 11.5 Å². The molecule has 0 aliphatic carbocycles. The number of sulfone groups is 1. The Morgan fingerprint density at radius 2 is 2.11 bits per heavy atom. The number of hydrogen-bond acceptors (Lipinski definition) is 3. The van der Waals surface area contributed by atoms with E-state index in [1.807, 2.05) is 0 Å². The van der Waals surface area contributed by atoms with Gasteiger partial charge in [0.2, 0.25) is 0 Å². The highest BCUT2D eigenvalue weighted by molar-refractivity contribution is 7.91. The van der Waals surface area contributed by atoms with Gasteiger partial charge in [0.25, 0.3) is 0 Å². The van der Waals surface area contributed by atoms with Crippen LogP contribution in [0.1, 0.15) is 31.2 Å². The molecule has 0 aliphatic rings. The average Bonchev–Trinajstić information content (AvgIpc) is 2.34.